The first kappa shape index (κ1) is 36.2. The van der Waals surface area contributed by atoms with Gasteiger partial charge in [-0.25, -0.2) is 18.2 Å². The van der Waals surface area contributed by atoms with Gasteiger partial charge in [0.05, 0.1) is 32.2 Å². The third-order valence-electron chi connectivity index (χ3n) is 10.4. The highest BCUT2D eigenvalue weighted by atomic mass is 32.2. The summed E-state index contributed by atoms with van der Waals surface area (Å²) in [6.45, 7) is 3.75. The Morgan fingerprint density at radius 1 is 1.08 bits per heavy atom. The van der Waals surface area contributed by atoms with Gasteiger partial charge >= 0.3 is 6.09 Å². The van der Waals surface area contributed by atoms with Crippen molar-refractivity contribution in [3.63, 3.8) is 0 Å². The van der Waals surface area contributed by atoms with E-state index in [4.69, 9.17) is 14.2 Å². The van der Waals surface area contributed by atoms with Crippen LogP contribution in [0.5, 0.6) is 17.4 Å². The van der Waals surface area contributed by atoms with Crippen LogP contribution in [0.4, 0.5) is 4.79 Å². The second kappa shape index (κ2) is 14.2. The van der Waals surface area contributed by atoms with E-state index in [-0.39, 0.29) is 31.2 Å². The Bertz CT molecular complexity index is 1850. The third-order valence-corrected chi connectivity index (χ3v) is 12.2. The van der Waals surface area contributed by atoms with Crippen LogP contribution >= 0.6 is 0 Å². The molecule has 7 atom stereocenters. The van der Waals surface area contributed by atoms with Crippen LogP contribution in [0.3, 0.4) is 0 Å². The fraction of sp³-hybridized carbons (Fsp3) is 0.571. The van der Waals surface area contributed by atoms with Gasteiger partial charge in [0, 0.05) is 23.1 Å². The molecule has 3 fully saturated rings. The molecule has 0 radical (unpaired) electrons. The van der Waals surface area contributed by atoms with Crippen LogP contribution in [0.1, 0.15) is 58.8 Å². The van der Waals surface area contributed by atoms with Crippen LogP contribution in [-0.2, 0) is 24.4 Å². The van der Waals surface area contributed by atoms with Gasteiger partial charge in [-0.2, -0.15) is 0 Å². The normalized spacial score (nSPS) is 30.5. The maximum absolute atomic E-state index is 14.3. The summed E-state index contributed by atoms with van der Waals surface area (Å²) in [6, 6.07) is 2.94. The minimum atomic E-state index is -3.91. The summed E-state index contributed by atoms with van der Waals surface area (Å²) in [6.07, 6.45) is 6.14. The van der Waals surface area contributed by atoms with Crippen molar-refractivity contribution >= 4 is 44.6 Å². The Labute approximate surface area is 296 Å². The number of carboxylic acid groups (broad SMARTS) is 1. The lowest BCUT2D eigenvalue weighted by molar-refractivity contribution is -0.142. The number of carbonyl (C=O) groups excluding carboxylic acids is 3. The Hall–Kier alpha value is -4.60. The second-order valence-electron chi connectivity index (χ2n) is 14.2. The van der Waals surface area contributed by atoms with Crippen molar-refractivity contribution in [2.24, 2.45) is 17.8 Å². The van der Waals surface area contributed by atoms with Gasteiger partial charge in [-0.3, -0.25) is 19.1 Å². The highest BCUT2D eigenvalue weighted by Gasteiger charge is 2.62. The predicted molar refractivity (Wildman–Crippen MR) is 185 cm³/mol. The minimum Gasteiger partial charge on any atom is -0.497 e. The van der Waals surface area contributed by atoms with Gasteiger partial charge in [0.2, 0.25) is 27.7 Å². The summed E-state index contributed by atoms with van der Waals surface area (Å²) in [7, 11) is -0.849. The van der Waals surface area contributed by atoms with Gasteiger partial charge < -0.3 is 34.9 Å². The van der Waals surface area contributed by atoms with E-state index in [1.807, 2.05) is 19.1 Å². The van der Waals surface area contributed by atoms with Gasteiger partial charge in [0.25, 0.3) is 5.91 Å². The maximum atomic E-state index is 14.3. The number of ether oxygens (including phenoxy) is 3. The molecule has 4 amide bonds. The summed E-state index contributed by atoms with van der Waals surface area (Å²) in [5, 5.41) is 15.6. The fourth-order valence-corrected chi connectivity index (χ4v) is 8.71. The molecule has 2 aliphatic heterocycles. The van der Waals surface area contributed by atoms with Crippen LogP contribution in [0.15, 0.2) is 36.5 Å². The molecule has 1 aromatic carbocycles. The summed E-state index contributed by atoms with van der Waals surface area (Å²) in [5.74, 6) is -1.55. The second-order valence-corrected chi connectivity index (χ2v) is 16.2. The Morgan fingerprint density at radius 3 is 2.53 bits per heavy atom. The van der Waals surface area contributed by atoms with Gasteiger partial charge in [-0.15, -0.1) is 0 Å². The van der Waals surface area contributed by atoms with Gasteiger partial charge in [-0.1, -0.05) is 26.0 Å². The van der Waals surface area contributed by atoms with E-state index < -0.39 is 74.7 Å². The monoisotopic (exact) mass is 727 g/mol. The number of hydrogen-bond acceptors (Lipinski definition) is 10. The number of sulfonamides is 1. The summed E-state index contributed by atoms with van der Waals surface area (Å²) in [4.78, 5) is 60.0. The highest BCUT2D eigenvalue weighted by molar-refractivity contribution is 7.91. The van der Waals surface area contributed by atoms with E-state index in [1.54, 1.807) is 32.2 Å². The minimum absolute atomic E-state index is 0.00785. The molecule has 6 rings (SSSR count). The highest BCUT2D eigenvalue weighted by Crippen LogP contribution is 2.46. The number of hydrogen-bond donors (Lipinski definition) is 4. The topological polar surface area (TPSA) is 203 Å². The molecule has 1 aromatic heterocycles. The van der Waals surface area contributed by atoms with E-state index in [0.717, 1.165) is 6.42 Å². The van der Waals surface area contributed by atoms with Crippen LogP contribution in [0, 0.1) is 17.8 Å². The molecular formula is C35H45N5O10S. The van der Waals surface area contributed by atoms with Gasteiger partial charge in [-0.05, 0) is 68.6 Å². The average molecular weight is 728 g/mol. The van der Waals surface area contributed by atoms with Crippen LogP contribution in [0.2, 0.25) is 0 Å². The van der Waals surface area contributed by atoms with Crippen molar-refractivity contribution in [3.8, 4) is 17.4 Å². The molecule has 2 saturated carbocycles. The van der Waals surface area contributed by atoms with Crippen LogP contribution < -0.4 is 29.6 Å². The largest absolute Gasteiger partial charge is 0.497 e. The molecule has 2 aliphatic carbocycles. The van der Waals surface area contributed by atoms with E-state index in [2.05, 4.69) is 20.3 Å². The lowest BCUT2D eigenvalue weighted by atomic mass is 9.88. The molecule has 15 nitrogen and oxygen atoms in total. The van der Waals surface area contributed by atoms with E-state index >= 15 is 0 Å². The molecule has 16 heteroatoms. The Kier molecular flexibility index (Phi) is 10.1. The summed E-state index contributed by atoms with van der Waals surface area (Å²) in [5.41, 5.74) is -1.53. The smallest absolute Gasteiger partial charge is 0.405 e. The van der Waals surface area contributed by atoms with Crippen LogP contribution in [0.25, 0.3) is 10.8 Å². The lowest BCUT2D eigenvalue weighted by Crippen LogP contribution is -2.59. The summed E-state index contributed by atoms with van der Waals surface area (Å²) >= 11 is 0. The number of rotatable bonds is 8. The molecule has 4 aliphatic rings. The first-order chi connectivity index (χ1) is 24.3. The van der Waals surface area contributed by atoms with Gasteiger partial charge in [0.1, 0.15) is 35.2 Å². The molecule has 0 bridgehead atoms. The number of aromatic nitrogens is 1. The predicted octanol–water partition coefficient (Wildman–Crippen LogP) is 2.73. The summed E-state index contributed by atoms with van der Waals surface area (Å²) < 4.78 is 45.0. The number of amides is 4. The zero-order valence-corrected chi connectivity index (χ0v) is 29.9. The van der Waals surface area contributed by atoms with Crippen molar-refractivity contribution in [2.75, 3.05) is 20.8 Å². The number of nitrogens with one attached hydrogen (secondary N) is 3. The zero-order chi connectivity index (χ0) is 36.7. The number of methoxy groups -OCH3 is 2. The number of allylic oxidation sites excluding steroid dienone is 1. The third kappa shape index (κ3) is 7.55. The van der Waals surface area contributed by atoms with Crippen molar-refractivity contribution in [1.29, 1.82) is 0 Å². The molecule has 51 heavy (non-hydrogen) atoms. The number of nitrogens with zero attached hydrogens (tertiary/aromatic N) is 2. The standard InChI is InChI=1S/C35H45N5O10S/c1-19-7-5-6-8-21-16-35(21,33(43)39-51(46,47)24-10-11-24)38-30(41)27-15-23(18-40(27)32(42)29(20(2)13-19)37-34(44)45)50-31-25-12-9-22(48-3)14-26(25)28(49-4)17-36-31/h6,8-9,12,14,17,19-21,23-24,27,29,37H,5,7,10-11,13,15-16,18H2,1-4H3,(H,38,41)(H,39,43)(H,44,45)/b8-6-/t19-,20+,21+,23+,27-,29-,35+/m0/s1. The number of benzene rings is 1. The van der Waals surface area contributed by atoms with Crippen molar-refractivity contribution in [1.82, 2.24) is 25.2 Å². The first-order valence-corrected chi connectivity index (χ1v) is 18.8. The Balaban J connectivity index is 1.34. The van der Waals surface area contributed by atoms with Crippen LogP contribution in [-0.4, -0.2) is 97.0 Å². The maximum Gasteiger partial charge on any atom is 0.405 e. The molecule has 0 unspecified atom stereocenters. The molecule has 1 saturated heterocycles. The molecular weight excluding hydrogens is 682 g/mol. The molecule has 276 valence electrons. The van der Waals surface area contributed by atoms with Gasteiger partial charge in [0.15, 0.2) is 0 Å². The first-order valence-electron chi connectivity index (χ1n) is 17.3. The molecule has 3 heterocycles. The Morgan fingerprint density at radius 2 is 1.84 bits per heavy atom. The molecule has 0 spiro atoms. The fourth-order valence-electron chi connectivity index (χ4n) is 7.34. The quantitative estimate of drug-likeness (QED) is 0.291. The zero-order valence-electron chi connectivity index (χ0n) is 29.1. The van der Waals surface area contributed by atoms with Crippen molar-refractivity contribution < 1.29 is 46.9 Å². The van der Waals surface area contributed by atoms with E-state index in [1.165, 1.54) is 18.2 Å². The lowest BCUT2D eigenvalue weighted by Gasteiger charge is -2.32. The van der Waals surface area contributed by atoms with E-state index in [9.17, 15) is 32.7 Å². The number of carbonyl (C=O) groups is 4. The van der Waals surface area contributed by atoms with Crippen molar-refractivity contribution in [3.05, 3.63) is 36.5 Å². The van der Waals surface area contributed by atoms with E-state index in [0.29, 0.717) is 48.0 Å². The van der Waals surface area contributed by atoms with Crippen molar-refractivity contribution in [2.45, 2.75) is 87.8 Å². The molecule has 4 N–H and O–H groups in total. The number of pyridine rings is 1. The molecule has 2 aromatic rings. The number of fused-ring (bicyclic) bond motifs is 3. The average Bonchev–Trinajstić information content (AvgIpc) is 4.01. The SMILES string of the molecule is COc1ccc2c(O[C@@H]3C[C@H]4C(=O)N[C@]5(C(=O)NS(=O)(=O)C6CC6)C[C@H]5/C=C\CC[C@H](C)C[C@@H](C)[C@H](NC(=O)O)C(=O)N4C3)ncc(OC)c2c1.